The maximum Gasteiger partial charge on any atom is 0.229 e. The molecule has 1 aromatic carbocycles. The van der Waals surface area contributed by atoms with Crippen molar-refractivity contribution in [2.24, 2.45) is 0 Å². The minimum absolute atomic E-state index is 0.163. The average Bonchev–Trinajstić information content (AvgIpc) is 2.86. The van der Waals surface area contributed by atoms with Gasteiger partial charge < -0.3 is 10.1 Å². The standard InChI is InChI=1S/C14H12N2O2S/c1-18-12-5-3-2-4-10(12)8-13(17)16-14-11(9-15)6-7-19-14/h2-7H,8H2,1H3,(H,16,17). The molecule has 1 heterocycles. The van der Waals surface area contributed by atoms with E-state index in [0.29, 0.717) is 16.3 Å². The zero-order valence-corrected chi connectivity index (χ0v) is 11.2. The number of amides is 1. The number of nitrogens with zero attached hydrogens (tertiary/aromatic N) is 1. The molecule has 2 rings (SSSR count). The van der Waals surface area contributed by atoms with Crippen LogP contribution in [0.25, 0.3) is 0 Å². The normalized spacial score (nSPS) is 9.68. The van der Waals surface area contributed by atoms with Crippen molar-refractivity contribution in [3.8, 4) is 11.8 Å². The number of hydrogen-bond acceptors (Lipinski definition) is 4. The Morgan fingerprint density at radius 2 is 2.21 bits per heavy atom. The maximum absolute atomic E-state index is 11.9. The Hall–Kier alpha value is -2.32. The number of ether oxygens (including phenoxy) is 1. The van der Waals surface area contributed by atoms with E-state index in [1.807, 2.05) is 30.3 Å². The van der Waals surface area contributed by atoms with Crippen LogP contribution in [0.4, 0.5) is 5.00 Å². The molecule has 0 aliphatic heterocycles. The van der Waals surface area contributed by atoms with Crippen LogP contribution in [0.2, 0.25) is 0 Å². The maximum atomic E-state index is 11.9. The number of benzene rings is 1. The van der Waals surface area contributed by atoms with Crippen LogP contribution in [-0.4, -0.2) is 13.0 Å². The topological polar surface area (TPSA) is 62.1 Å². The number of anilines is 1. The number of thiophene rings is 1. The van der Waals surface area contributed by atoms with Crippen LogP contribution < -0.4 is 10.1 Å². The largest absolute Gasteiger partial charge is 0.496 e. The Bertz CT molecular complexity index is 628. The summed E-state index contributed by atoms with van der Waals surface area (Å²) < 4.78 is 5.20. The first kappa shape index (κ1) is 13.1. The lowest BCUT2D eigenvalue weighted by Gasteiger charge is -2.08. The van der Waals surface area contributed by atoms with Crippen molar-refractivity contribution >= 4 is 22.2 Å². The quantitative estimate of drug-likeness (QED) is 0.931. The zero-order chi connectivity index (χ0) is 13.7. The molecule has 1 amide bonds. The van der Waals surface area contributed by atoms with E-state index in [1.54, 1.807) is 18.6 Å². The van der Waals surface area contributed by atoms with Crippen molar-refractivity contribution in [2.75, 3.05) is 12.4 Å². The van der Waals surface area contributed by atoms with Gasteiger partial charge in [-0.05, 0) is 17.5 Å². The fraction of sp³-hybridized carbons (Fsp3) is 0.143. The van der Waals surface area contributed by atoms with Gasteiger partial charge in [-0.15, -0.1) is 11.3 Å². The zero-order valence-electron chi connectivity index (χ0n) is 10.3. The summed E-state index contributed by atoms with van der Waals surface area (Å²) in [7, 11) is 1.57. The first-order valence-electron chi connectivity index (χ1n) is 5.64. The molecule has 4 nitrogen and oxygen atoms in total. The van der Waals surface area contributed by atoms with Crippen LogP contribution in [0.5, 0.6) is 5.75 Å². The third-order valence-electron chi connectivity index (χ3n) is 2.58. The molecule has 19 heavy (non-hydrogen) atoms. The molecule has 0 spiro atoms. The van der Waals surface area contributed by atoms with Gasteiger partial charge in [0.05, 0.1) is 19.1 Å². The van der Waals surface area contributed by atoms with Crippen LogP contribution in [0.1, 0.15) is 11.1 Å². The number of nitriles is 1. The molecule has 5 heteroatoms. The summed E-state index contributed by atoms with van der Waals surface area (Å²) in [6, 6.07) is 11.1. The van der Waals surface area contributed by atoms with Gasteiger partial charge in [-0.1, -0.05) is 18.2 Å². The lowest BCUT2D eigenvalue weighted by Crippen LogP contribution is -2.14. The molecule has 0 saturated carbocycles. The molecule has 0 bridgehead atoms. The highest BCUT2D eigenvalue weighted by Crippen LogP contribution is 2.23. The van der Waals surface area contributed by atoms with Gasteiger partial charge in [0.25, 0.3) is 0 Å². The number of methoxy groups -OCH3 is 1. The van der Waals surface area contributed by atoms with Gasteiger partial charge in [-0.25, -0.2) is 0 Å². The van der Waals surface area contributed by atoms with E-state index in [0.717, 1.165) is 5.56 Å². The second-order valence-electron chi connectivity index (χ2n) is 3.81. The van der Waals surface area contributed by atoms with Gasteiger partial charge >= 0.3 is 0 Å². The highest BCUT2D eigenvalue weighted by molar-refractivity contribution is 7.14. The number of nitrogens with one attached hydrogen (secondary N) is 1. The summed E-state index contributed by atoms with van der Waals surface area (Å²) in [4.78, 5) is 11.9. The summed E-state index contributed by atoms with van der Waals surface area (Å²) in [6.07, 6.45) is 0.215. The van der Waals surface area contributed by atoms with Crippen molar-refractivity contribution in [2.45, 2.75) is 6.42 Å². The molecular weight excluding hydrogens is 260 g/mol. The minimum atomic E-state index is -0.163. The van der Waals surface area contributed by atoms with Crippen LogP contribution in [0.3, 0.4) is 0 Å². The number of para-hydroxylation sites is 1. The molecule has 0 aliphatic carbocycles. The van der Waals surface area contributed by atoms with E-state index in [1.165, 1.54) is 11.3 Å². The number of carbonyl (C=O) groups is 1. The molecular formula is C14H12N2O2S. The Morgan fingerprint density at radius 3 is 2.95 bits per heavy atom. The molecule has 1 aromatic heterocycles. The van der Waals surface area contributed by atoms with Gasteiger partial charge in [0.15, 0.2) is 0 Å². The first-order valence-corrected chi connectivity index (χ1v) is 6.52. The van der Waals surface area contributed by atoms with Crippen molar-refractivity contribution in [3.63, 3.8) is 0 Å². The fourth-order valence-electron chi connectivity index (χ4n) is 1.69. The van der Waals surface area contributed by atoms with E-state index in [-0.39, 0.29) is 12.3 Å². The molecule has 1 N–H and O–H groups in total. The Morgan fingerprint density at radius 1 is 1.42 bits per heavy atom. The van der Waals surface area contributed by atoms with Gasteiger partial charge in [-0.3, -0.25) is 4.79 Å². The molecule has 96 valence electrons. The highest BCUT2D eigenvalue weighted by atomic mass is 32.1. The van der Waals surface area contributed by atoms with Crippen molar-refractivity contribution in [1.82, 2.24) is 0 Å². The SMILES string of the molecule is COc1ccccc1CC(=O)Nc1sccc1C#N. The summed E-state index contributed by atoms with van der Waals surface area (Å²) in [5.74, 6) is 0.521. The second-order valence-corrected chi connectivity index (χ2v) is 4.73. The van der Waals surface area contributed by atoms with Gasteiger partial charge in [0.2, 0.25) is 5.91 Å². The first-order chi connectivity index (χ1) is 9.24. The van der Waals surface area contributed by atoms with Crippen LogP contribution in [-0.2, 0) is 11.2 Å². The molecule has 0 fully saturated rings. The molecule has 0 saturated heterocycles. The summed E-state index contributed by atoms with van der Waals surface area (Å²) in [6.45, 7) is 0. The Kier molecular flexibility index (Phi) is 4.16. The lowest BCUT2D eigenvalue weighted by molar-refractivity contribution is -0.115. The van der Waals surface area contributed by atoms with E-state index >= 15 is 0 Å². The van der Waals surface area contributed by atoms with Crippen molar-refractivity contribution in [3.05, 3.63) is 46.8 Å². The molecule has 0 aliphatic rings. The van der Waals surface area contributed by atoms with Gasteiger partial charge in [0.1, 0.15) is 16.8 Å². The number of hydrogen-bond donors (Lipinski definition) is 1. The number of carbonyl (C=O) groups excluding carboxylic acids is 1. The fourth-order valence-corrected chi connectivity index (χ4v) is 2.44. The van der Waals surface area contributed by atoms with Crippen molar-refractivity contribution in [1.29, 1.82) is 5.26 Å². The summed E-state index contributed by atoms with van der Waals surface area (Å²) in [5, 5.41) is 14.0. The Balaban J connectivity index is 2.08. The van der Waals surface area contributed by atoms with E-state index in [9.17, 15) is 4.79 Å². The predicted octanol–water partition coefficient (Wildman–Crippen LogP) is 2.81. The van der Waals surface area contributed by atoms with Crippen LogP contribution in [0.15, 0.2) is 35.7 Å². The van der Waals surface area contributed by atoms with Gasteiger partial charge in [-0.2, -0.15) is 5.26 Å². The summed E-state index contributed by atoms with van der Waals surface area (Å²) in [5.41, 5.74) is 1.30. The summed E-state index contributed by atoms with van der Waals surface area (Å²) >= 11 is 1.34. The average molecular weight is 272 g/mol. The molecule has 0 unspecified atom stereocenters. The van der Waals surface area contributed by atoms with E-state index in [4.69, 9.17) is 10.00 Å². The molecule has 0 radical (unpaired) electrons. The van der Waals surface area contributed by atoms with E-state index < -0.39 is 0 Å². The van der Waals surface area contributed by atoms with E-state index in [2.05, 4.69) is 5.32 Å². The highest BCUT2D eigenvalue weighted by Gasteiger charge is 2.11. The monoisotopic (exact) mass is 272 g/mol. The van der Waals surface area contributed by atoms with Crippen LogP contribution >= 0.6 is 11.3 Å². The lowest BCUT2D eigenvalue weighted by atomic mass is 10.1. The van der Waals surface area contributed by atoms with Gasteiger partial charge in [0, 0.05) is 5.56 Å². The van der Waals surface area contributed by atoms with Crippen molar-refractivity contribution < 1.29 is 9.53 Å². The predicted molar refractivity (Wildman–Crippen MR) is 74.4 cm³/mol. The smallest absolute Gasteiger partial charge is 0.229 e. The third-order valence-corrected chi connectivity index (χ3v) is 3.41. The Labute approximate surface area is 115 Å². The molecule has 2 aromatic rings. The minimum Gasteiger partial charge on any atom is -0.496 e. The molecule has 0 atom stereocenters. The third kappa shape index (κ3) is 3.12. The second kappa shape index (κ2) is 6.03. The van der Waals surface area contributed by atoms with Crippen LogP contribution in [0, 0.1) is 11.3 Å². The number of rotatable bonds is 4.